The normalized spacial score (nSPS) is 14.6. The van der Waals surface area contributed by atoms with E-state index in [2.05, 4.69) is 5.32 Å². The van der Waals surface area contributed by atoms with Crippen molar-refractivity contribution in [3.8, 4) is 0 Å². The summed E-state index contributed by atoms with van der Waals surface area (Å²) in [5.41, 5.74) is -0.466. The predicted octanol–water partition coefficient (Wildman–Crippen LogP) is 4.53. The summed E-state index contributed by atoms with van der Waals surface area (Å²) in [6.45, 7) is -0.0989. The monoisotopic (exact) mass is 486 g/mol. The molecule has 33 heavy (non-hydrogen) atoms. The quantitative estimate of drug-likeness (QED) is 0.497. The number of carbonyl (C=O) groups is 3. The molecule has 0 radical (unpaired) electrons. The molecule has 0 spiro atoms. The maximum atomic E-state index is 13.1. The van der Waals surface area contributed by atoms with E-state index in [-0.39, 0.29) is 29.4 Å². The van der Waals surface area contributed by atoms with Crippen LogP contribution in [0.2, 0.25) is 5.02 Å². The number of benzene rings is 2. The lowest BCUT2D eigenvalue weighted by Gasteiger charge is -2.31. The lowest BCUT2D eigenvalue weighted by Crippen LogP contribution is -2.41. The molecule has 0 atom stereocenters. The first-order chi connectivity index (χ1) is 15.5. The summed E-state index contributed by atoms with van der Waals surface area (Å²) < 4.78 is 56.2. The summed E-state index contributed by atoms with van der Waals surface area (Å²) in [6, 6.07) is 7.56. The van der Waals surface area contributed by atoms with Gasteiger partial charge in [-0.15, -0.1) is 0 Å². The predicted molar refractivity (Wildman–Crippen MR) is 111 cm³/mol. The fourth-order valence-electron chi connectivity index (χ4n) is 3.33. The van der Waals surface area contributed by atoms with Crippen molar-refractivity contribution >= 4 is 35.1 Å². The molecule has 1 aliphatic heterocycles. The van der Waals surface area contributed by atoms with Crippen LogP contribution < -0.4 is 5.32 Å². The van der Waals surface area contributed by atoms with Crippen LogP contribution in [0.1, 0.15) is 28.8 Å². The molecule has 2 aromatic carbocycles. The van der Waals surface area contributed by atoms with E-state index in [1.165, 1.54) is 17.0 Å². The van der Waals surface area contributed by atoms with Crippen LogP contribution in [0.15, 0.2) is 42.5 Å². The summed E-state index contributed by atoms with van der Waals surface area (Å²) in [5, 5.41) is 2.27. The van der Waals surface area contributed by atoms with Crippen molar-refractivity contribution in [2.75, 3.05) is 25.0 Å². The second-order valence-electron chi connectivity index (χ2n) is 7.43. The van der Waals surface area contributed by atoms with Gasteiger partial charge in [-0.05, 0) is 55.3 Å². The highest BCUT2D eigenvalue weighted by atomic mass is 35.5. The Morgan fingerprint density at radius 3 is 2.27 bits per heavy atom. The Morgan fingerprint density at radius 1 is 1.06 bits per heavy atom. The number of piperidine rings is 1. The number of esters is 1. The number of nitrogens with zero attached hydrogens (tertiary/aromatic N) is 1. The van der Waals surface area contributed by atoms with Crippen molar-refractivity contribution in [1.82, 2.24) is 4.90 Å². The first-order valence-corrected chi connectivity index (χ1v) is 10.3. The fraction of sp³-hybridized carbons (Fsp3) is 0.318. The molecule has 176 valence electrons. The summed E-state index contributed by atoms with van der Waals surface area (Å²) in [4.78, 5) is 38.1. The Kier molecular flexibility index (Phi) is 7.57. The lowest BCUT2D eigenvalue weighted by molar-refractivity contribution is -0.152. The van der Waals surface area contributed by atoms with Gasteiger partial charge in [0.2, 0.25) is 0 Å². The van der Waals surface area contributed by atoms with Crippen LogP contribution in [-0.2, 0) is 20.5 Å². The van der Waals surface area contributed by atoms with Crippen molar-refractivity contribution in [1.29, 1.82) is 0 Å². The Morgan fingerprint density at radius 2 is 1.70 bits per heavy atom. The molecule has 3 rings (SSSR count). The molecule has 0 aromatic heterocycles. The third-order valence-corrected chi connectivity index (χ3v) is 5.41. The number of hydrogen-bond donors (Lipinski definition) is 1. The SMILES string of the molecule is O=C(COC(=O)C1CCN(C(=O)c2ccc(C(F)(F)F)cc2)CC1)Nc1ccc(F)c(Cl)c1. The number of amides is 2. The van der Waals surface area contributed by atoms with Gasteiger partial charge in [-0.3, -0.25) is 14.4 Å². The molecule has 0 bridgehead atoms. The van der Waals surface area contributed by atoms with E-state index >= 15 is 0 Å². The number of carbonyl (C=O) groups excluding carboxylic acids is 3. The molecule has 2 aromatic rings. The van der Waals surface area contributed by atoms with Crippen LogP contribution >= 0.6 is 11.6 Å². The first-order valence-electron chi connectivity index (χ1n) is 9.92. The molecule has 0 saturated carbocycles. The van der Waals surface area contributed by atoms with Crippen molar-refractivity contribution in [2.45, 2.75) is 19.0 Å². The number of nitrogens with one attached hydrogen (secondary N) is 1. The van der Waals surface area contributed by atoms with E-state index in [4.69, 9.17) is 16.3 Å². The Bertz CT molecular complexity index is 1040. The largest absolute Gasteiger partial charge is 0.455 e. The lowest BCUT2D eigenvalue weighted by atomic mass is 9.96. The van der Waals surface area contributed by atoms with Gasteiger partial charge < -0.3 is 15.0 Å². The van der Waals surface area contributed by atoms with Gasteiger partial charge in [0.25, 0.3) is 11.8 Å². The van der Waals surface area contributed by atoms with Crippen molar-refractivity contribution in [3.63, 3.8) is 0 Å². The second kappa shape index (κ2) is 10.2. The van der Waals surface area contributed by atoms with Crippen molar-refractivity contribution in [3.05, 3.63) is 64.4 Å². The zero-order chi connectivity index (χ0) is 24.2. The van der Waals surface area contributed by atoms with E-state index in [0.717, 1.165) is 30.3 Å². The van der Waals surface area contributed by atoms with E-state index in [0.29, 0.717) is 12.8 Å². The Hall–Kier alpha value is -3.14. The zero-order valence-corrected chi connectivity index (χ0v) is 17.9. The van der Waals surface area contributed by atoms with Gasteiger partial charge in [0.1, 0.15) is 5.82 Å². The van der Waals surface area contributed by atoms with Crippen LogP contribution in [0.4, 0.5) is 23.2 Å². The minimum Gasteiger partial charge on any atom is -0.455 e. The van der Waals surface area contributed by atoms with Crippen molar-refractivity contribution < 1.29 is 36.7 Å². The summed E-state index contributed by atoms with van der Waals surface area (Å²) in [5.74, 6) is -2.79. The molecule has 0 unspecified atom stereocenters. The molecule has 6 nitrogen and oxygen atoms in total. The van der Waals surface area contributed by atoms with Crippen LogP contribution in [-0.4, -0.2) is 42.4 Å². The van der Waals surface area contributed by atoms with Crippen LogP contribution in [0.5, 0.6) is 0 Å². The molecule has 1 fully saturated rings. The smallest absolute Gasteiger partial charge is 0.416 e. The van der Waals surface area contributed by atoms with Gasteiger partial charge in [-0.2, -0.15) is 13.2 Å². The number of rotatable bonds is 5. The average molecular weight is 487 g/mol. The number of alkyl halides is 3. The number of hydrogen-bond acceptors (Lipinski definition) is 4. The summed E-state index contributed by atoms with van der Waals surface area (Å²) in [7, 11) is 0. The molecular weight excluding hydrogens is 468 g/mol. The Labute approximate surface area is 191 Å². The van der Waals surface area contributed by atoms with Crippen LogP contribution in [0.3, 0.4) is 0 Å². The van der Waals surface area contributed by atoms with E-state index in [9.17, 15) is 31.9 Å². The maximum Gasteiger partial charge on any atom is 0.416 e. The molecular formula is C22H19ClF4N2O4. The van der Waals surface area contributed by atoms with Gasteiger partial charge in [-0.25, -0.2) is 4.39 Å². The summed E-state index contributed by atoms with van der Waals surface area (Å²) >= 11 is 5.64. The summed E-state index contributed by atoms with van der Waals surface area (Å²) in [6.07, 6.45) is -3.90. The molecule has 1 heterocycles. The van der Waals surface area contributed by atoms with Gasteiger partial charge in [0.05, 0.1) is 16.5 Å². The third kappa shape index (κ3) is 6.44. The van der Waals surface area contributed by atoms with E-state index in [1.807, 2.05) is 0 Å². The third-order valence-electron chi connectivity index (χ3n) is 5.12. The zero-order valence-electron chi connectivity index (χ0n) is 17.1. The minimum absolute atomic E-state index is 0.126. The number of likely N-dealkylation sites (tertiary alicyclic amines) is 1. The highest BCUT2D eigenvalue weighted by molar-refractivity contribution is 6.31. The highest BCUT2D eigenvalue weighted by Gasteiger charge is 2.32. The maximum absolute atomic E-state index is 13.1. The molecule has 0 aliphatic carbocycles. The molecule has 1 aliphatic rings. The topological polar surface area (TPSA) is 75.7 Å². The van der Waals surface area contributed by atoms with Gasteiger partial charge in [0, 0.05) is 24.3 Å². The van der Waals surface area contributed by atoms with Gasteiger partial charge in [0.15, 0.2) is 6.61 Å². The standard InChI is InChI=1S/C22H19ClF4N2O4/c23-17-11-16(5-6-18(17)24)28-19(30)12-33-21(32)14-7-9-29(10-8-14)20(31)13-1-3-15(4-2-13)22(25,26)27/h1-6,11,14H,7-10,12H2,(H,28,30). The first kappa shape index (κ1) is 24.5. The molecule has 1 saturated heterocycles. The van der Waals surface area contributed by atoms with E-state index in [1.54, 1.807) is 0 Å². The van der Waals surface area contributed by atoms with E-state index < -0.39 is 47.9 Å². The van der Waals surface area contributed by atoms with Gasteiger partial charge in [-0.1, -0.05) is 11.6 Å². The number of ether oxygens (including phenoxy) is 1. The number of halogens is 5. The molecule has 1 N–H and O–H groups in total. The van der Waals surface area contributed by atoms with Crippen molar-refractivity contribution in [2.24, 2.45) is 5.92 Å². The molecule has 2 amide bonds. The fourth-order valence-corrected chi connectivity index (χ4v) is 3.51. The molecule has 11 heteroatoms. The van der Waals surface area contributed by atoms with Crippen LogP contribution in [0.25, 0.3) is 0 Å². The number of anilines is 1. The highest BCUT2D eigenvalue weighted by Crippen LogP contribution is 2.29. The van der Waals surface area contributed by atoms with Crippen LogP contribution in [0, 0.1) is 11.7 Å². The Balaban J connectivity index is 1.45. The van der Waals surface area contributed by atoms with Gasteiger partial charge >= 0.3 is 12.1 Å². The second-order valence-corrected chi connectivity index (χ2v) is 7.83. The minimum atomic E-state index is -4.48. The average Bonchev–Trinajstić information content (AvgIpc) is 2.79.